The molecule has 14 heteroatoms. The minimum Gasteiger partial charge on any atom is -0.458 e. The van der Waals surface area contributed by atoms with Crippen LogP contribution in [0.5, 0.6) is 0 Å². The van der Waals surface area contributed by atoms with Gasteiger partial charge in [0, 0.05) is 11.5 Å². The molecule has 3 aliphatic heterocycles. The van der Waals surface area contributed by atoms with Gasteiger partial charge in [-0.1, -0.05) is 25.5 Å². The molecule has 0 radical (unpaired) electrons. The molecule has 49 heavy (non-hydrogen) atoms. The van der Waals surface area contributed by atoms with E-state index in [0.29, 0.717) is 25.9 Å². The van der Waals surface area contributed by atoms with Crippen LogP contribution in [0.15, 0.2) is 23.3 Å². The summed E-state index contributed by atoms with van der Waals surface area (Å²) in [5.74, 6) is 0.130. The third-order valence-electron chi connectivity index (χ3n) is 13.7. The van der Waals surface area contributed by atoms with E-state index in [0.717, 1.165) is 37.7 Å². The molecule has 5 fully saturated rings. The van der Waals surface area contributed by atoms with Gasteiger partial charge < -0.3 is 64.5 Å². The number of ether oxygens (including phenoxy) is 5. The molecule has 3 heterocycles. The van der Waals surface area contributed by atoms with Crippen LogP contribution in [-0.2, 0) is 28.5 Å². The first-order valence-electron chi connectivity index (χ1n) is 17.8. The fourth-order valence-corrected chi connectivity index (χ4v) is 10.7. The molecule has 14 nitrogen and oxygen atoms in total. The van der Waals surface area contributed by atoms with E-state index in [9.17, 15) is 45.6 Å². The van der Waals surface area contributed by atoms with Crippen molar-refractivity contribution in [3.8, 4) is 0 Å². The summed E-state index contributed by atoms with van der Waals surface area (Å²) in [4.78, 5) is 11.9. The standard InChI is InChI=1S/C35H52O14/c1-33-8-5-18(46-32-30(28(42)26(40)23(14-37)48-32)49-31-29(43)27(41)25(39)22(13-36)47-31)12-17(33)3-4-21-20(33)6-9-34(2)19(7-10-35(21,34)44)16-11-24(38)45-15-16/h3,11,18-23,25-32,36-37,39-44H,4-10,12-15H2,1-2H3/t18-,19+,20-,21+,22+,23+,25+,26+,27-,28-,29+,30+,31-,32+,33-,34+,35-/m1/s1. The maximum Gasteiger partial charge on any atom is 0.331 e. The lowest BCUT2D eigenvalue weighted by Gasteiger charge is -2.61. The summed E-state index contributed by atoms with van der Waals surface area (Å²) >= 11 is 0. The first-order valence-corrected chi connectivity index (χ1v) is 17.8. The van der Waals surface area contributed by atoms with Gasteiger partial charge in [0.2, 0.25) is 0 Å². The fraction of sp³-hybridized carbons (Fsp3) is 0.857. The van der Waals surface area contributed by atoms with Crippen molar-refractivity contribution in [2.75, 3.05) is 19.8 Å². The zero-order valence-corrected chi connectivity index (χ0v) is 28.0. The van der Waals surface area contributed by atoms with E-state index in [2.05, 4.69) is 19.9 Å². The largest absolute Gasteiger partial charge is 0.458 e. The summed E-state index contributed by atoms with van der Waals surface area (Å²) in [6.07, 6.45) is -5.59. The van der Waals surface area contributed by atoms with Gasteiger partial charge in [0.15, 0.2) is 12.6 Å². The van der Waals surface area contributed by atoms with E-state index in [4.69, 9.17) is 23.7 Å². The van der Waals surface area contributed by atoms with Crippen molar-refractivity contribution in [3.05, 3.63) is 23.3 Å². The number of hydrogen-bond donors (Lipinski definition) is 8. The number of allylic oxidation sites excluding steroid dienone is 1. The van der Waals surface area contributed by atoms with Crippen molar-refractivity contribution in [2.45, 2.75) is 138 Å². The summed E-state index contributed by atoms with van der Waals surface area (Å²) < 4.78 is 28.9. The maximum absolute atomic E-state index is 12.5. The van der Waals surface area contributed by atoms with E-state index in [1.165, 1.54) is 5.57 Å². The number of rotatable bonds is 7. The second kappa shape index (κ2) is 13.2. The molecule has 0 aromatic rings. The predicted octanol–water partition coefficient (Wildman–Crippen LogP) is -0.827. The Kier molecular flexibility index (Phi) is 9.62. The summed E-state index contributed by atoms with van der Waals surface area (Å²) in [6, 6.07) is 0. The van der Waals surface area contributed by atoms with E-state index in [-0.39, 0.29) is 40.7 Å². The highest BCUT2D eigenvalue weighted by Gasteiger charge is 2.67. The molecule has 0 unspecified atom stereocenters. The molecule has 4 aliphatic carbocycles. The lowest BCUT2D eigenvalue weighted by molar-refractivity contribution is -0.372. The van der Waals surface area contributed by atoms with Gasteiger partial charge in [-0.05, 0) is 80.1 Å². The van der Waals surface area contributed by atoms with Crippen molar-refractivity contribution in [1.29, 1.82) is 0 Å². The normalized spacial score (nSPS) is 52.8. The predicted molar refractivity (Wildman–Crippen MR) is 167 cm³/mol. The molecular weight excluding hydrogens is 644 g/mol. The number of aliphatic hydroxyl groups is 8. The van der Waals surface area contributed by atoms with Crippen LogP contribution in [0.1, 0.15) is 65.2 Å². The van der Waals surface area contributed by atoms with Crippen molar-refractivity contribution in [2.24, 2.45) is 28.6 Å². The number of cyclic esters (lactones) is 1. The van der Waals surface area contributed by atoms with E-state index >= 15 is 0 Å². The number of carbonyl (C=O) groups is 1. The minimum atomic E-state index is -1.75. The highest BCUT2D eigenvalue weighted by Crippen LogP contribution is 2.69. The lowest BCUT2D eigenvalue weighted by Crippen LogP contribution is -2.65. The molecular formula is C35H52O14. The number of fused-ring (bicyclic) bond motifs is 5. The molecule has 7 aliphatic rings. The third kappa shape index (κ3) is 5.66. The van der Waals surface area contributed by atoms with Crippen LogP contribution in [0.3, 0.4) is 0 Å². The summed E-state index contributed by atoms with van der Waals surface area (Å²) in [6.45, 7) is 3.49. The van der Waals surface area contributed by atoms with Crippen molar-refractivity contribution < 1.29 is 69.3 Å². The Hall–Kier alpha value is -1.53. The first-order chi connectivity index (χ1) is 23.3. The second-order valence-electron chi connectivity index (χ2n) is 15.9. The van der Waals surface area contributed by atoms with Gasteiger partial charge in [0.25, 0.3) is 0 Å². The molecule has 3 saturated carbocycles. The summed E-state index contributed by atoms with van der Waals surface area (Å²) in [7, 11) is 0. The SMILES string of the molecule is C[C@@]12CC[C@@H]3[C@H](CC=C4C[C@H](O[C@H]5O[C@@H](CO)[C@H](O)[C@@H](O)[C@@H]5O[C@H]5O[C@@H](CO)[C@H](O)[C@@H](O)[C@@H]5O)CC[C@]43C)[C@]1(O)CC[C@H]2C1=CC(=O)OC1. The van der Waals surface area contributed by atoms with Crippen LogP contribution in [0.25, 0.3) is 0 Å². The molecule has 0 aromatic heterocycles. The quantitative estimate of drug-likeness (QED) is 0.120. The van der Waals surface area contributed by atoms with Crippen molar-refractivity contribution in [3.63, 3.8) is 0 Å². The zero-order valence-electron chi connectivity index (χ0n) is 28.0. The fourth-order valence-electron chi connectivity index (χ4n) is 10.7. The van der Waals surface area contributed by atoms with Gasteiger partial charge in [-0.15, -0.1) is 0 Å². The number of hydrogen-bond acceptors (Lipinski definition) is 14. The van der Waals surface area contributed by atoms with Gasteiger partial charge in [-0.25, -0.2) is 4.79 Å². The summed E-state index contributed by atoms with van der Waals surface area (Å²) in [5, 5.41) is 84.7. The Morgan fingerprint density at radius 1 is 0.816 bits per heavy atom. The molecule has 0 spiro atoms. The Bertz CT molecular complexity index is 1320. The van der Waals surface area contributed by atoms with Crippen LogP contribution in [0, 0.1) is 28.6 Å². The van der Waals surface area contributed by atoms with E-state index in [1.807, 2.05) is 0 Å². The van der Waals surface area contributed by atoms with Crippen molar-refractivity contribution >= 4 is 5.97 Å². The Balaban J connectivity index is 1.07. The van der Waals surface area contributed by atoms with Crippen LogP contribution in [-0.4, -0.2) is 140 Å². The Morgan fingerprint density at radius 2 is 1.51 bits per heavy atom. The van der Waals surface area contributed by atoms with Crippen LogP contribution in [0.4, 0.5) is 0 Å². The van der Waals surface area contributed by atoms with E-state index in [1.54, 1.807) is 6.08 Å². The second-order valence-corrected chi connectivity index (χ2v) is 15.9. The van der Waals surface area contributed by atoms with Gasteiger partial charge in [-0.3, -0.25) is 0 Å². The Labute approximate surface area is 285 Å². The number of carbonyl (C=O) groups excluding carboxylic acids is 1. The molecule has 2 saturated heterocycles. The molecule has 17 atom stereocenters. The average Bonchev–Trinajstić information content (AvgIpc) is 3.63. The Morgan fingerprint density at radius 3 is 2.18 bits per heavy atom. The minimum absolute atomic E-state index is 0.0704. The molecule has 0 aromatic carbocycles. The van der Waals surface area contributed by atoms with Gasteiger partial charge in [0.1, 0.15) is 55.4 Å². The van der Waals surface area contributed by atoms with Gasteiger partial charge >= 0.3 is 5.97 Å². The molecule has 0 bridgehead atoms. The molecule has 8 N–H and O–H groups in total. The lowest BCUT2D eigenvalue weighted by atomic mass is 9.45. The molecule has 0 amide bonds. The third-order valence-corrected chi connectivity index (χ3v) is 13.7. The highest BCUT2D eigenvalue weighted by atomic mass is 16.8. The number of esters is 1. The van der Waals surface area contributed by atoms with Crippen LogP contribution in [0.2, 0.25) is 0 Å². The van der Waals surface area contributed by atoms with E-state index < -0.39 is 80.2 Å². The van der Waals surface area contributed by atoms with Crippen LogP contribution < -0.4 is 0 Å². The monoisotopic (exact) mass is 696 g/mol. The zero-order chi connectivity index (χ0) is 35.0. The smallest absolute Gasteiger partial charge is 0.331 e. The van der Waals surface area contributed by atoms with Crippen LogP contribution >= 0.6 is 0 Å². The topological polar surface area (TPSA) is 225 Å². The van der Waals surface area contributed by atoms with Gasteiger partial charge in [0.05, 0.1) is 24.9 Å². The highest BCUT2D eigenvalue weighted by molar-refractivity contribution is 5.85. The van der Waals surface area contributed by atoms with Crippen molar-refractivity contribution in [1.82, 2.24) is 0 Å². The summed E-state index contributed by atoms with van der Waals surface area (Å²) in [5.41, 5.74) is 0.835. The molecule has 276 valence electrons. The average molecular weight is 697 g/mol. The van der Waals surface area contributed by atoms with Gasteiger partial charge in [-0.2, -0.15) is 0 Å². The maximum atomic E-state index is 12.5. The first kappa shape index (κ1) is 35.9. The molecule has 7 rings (SSSR count). The number of aliphatic hydroxyl groups excluding tert-OH is 7.